The summed E-state index contributed by atoms with van der Waals surface area (Å²) in [4.78, 5) is 23.7. The summed E-state index contributed by atoms with van der Waals surface area (Å²) in [5.41, 5.74) is -0.0292. The number of benzene rings is 2. The summed E-state index contributed by atoms with van der Waals surface area (Å²) in [5.74, 6) is -5.56. The second kappa shape index (κ2) is 7.45. The molecule has 2 amide bonds. The third-order valence-corrected chi connectivity index (χ3v) is 3.10. The van der Waals surface area contributed by atoms with Gasteiger partial charge in [0.1, 0.15) is 0 Å². The molecule has 2 rings (SSSR count). The predicted octanol–water partition coefficient (Wildman–Crippen LogP) is 3.27. The second-order valence-corrected chi connectivity index (χ2v) is 4.75. The molecule has 0 unspecified atom stereocenters. The lowest BCUT2D eigenvalue weighted by Gasteiger charge is -2.08. The van der Waals surface area contributed by atoms with Crippen LogP contribution in [-0.4, -0.2) is 18.4 Å². The average Bonchev–Trinajstić information content (AvgIpc) is 2.60. The molecule has 2 aromatic carbocycles. The topological polar surface area (TPSA) is 58.2 Å². The minimum atomic E-state index is -1.66. The lowest BCUT2D eigenvalue weighted by atomic mass is 10.1. The molecular formula is C17H13F3N2O2. The Morgan fingerprint density at radius 3 is 2.08 bits per heavy atom. The van der Waals surface area contributed by atoms with Crippen LogP contribution in [0.25, 0.3) is 0 Å². The number of carbonyl (C=O) groups excluding carboxylic acids is 2. The van der Waals surface area contributed by atoms with E-state index in [1.165, 1.54) is 30.3 Å². The molecule has 0 atom stereocenters. The molecule has 124 valence electrons. The highest BCUT2D eigenvalue weighted by Gasteiger charge is 2.16. The molecule has 0 aliphatic rings. The van der Waals surface area contributed by atoms with Gasteiger partial charge in [-0.05, 0) is 36.4 Å². The highest BCUT2D eigenvalue weighted by atomic mass is 19.2. The molecule has 24 heavy (non-hydrogen) atoms. The molecule has 0 aliphatic heterocycles. The number of rotatable bonds is 5. The summed E-state index contributed by atoms with van der Waals surface area (Å²) in [7, 11) is 0. The van der Waals surface area contributed by atoms with Crippen molar-refractivity contribution in [1.29, 1.82) is 0 Å². The van der Waals surface area contributed by atoms with Crippen molar-refractivity contribution in [3.8, 4) is 0 Å². The van der Waals surface area contributed by atoms with E-state index in [2.05, 4.69) is 17.2 Å². The van der Waals surface area contributed by atoms with E-state index in [4.69, 9.17) is 0 Å². The molecule has 0 saturated carbocycles. The van der Waals surface area contributed by atoms with Crippen molar-refractivity contribution in [2.75, 3.05) is 11.9 Å². The highest BCUT2D eigenvalue weighted by molar-refractivity contribution is 6.05. The quantitative estimate of drug-likeness (QED) is 0.651. The molecule has 0 bridgehead atoms. The monoisotopic (exact) mass is 334 g/mol. The average molecular weight is 334 g/mol. The van der Waals surface area contributed by atoms with E-state index >= 15 is 0 Å². The molecule has 0 saturated heterocycles. The fourth-order valence-electron chi connectivity index (χ4n) is 1.86. The van der Waals surface area contributed by atoms with Crippen molar-refractivity contribution < 1.29 is 22.8 Å². The highest BCUT2D eigenvalue weighted by Crippen LogP contribution is 2.20. The van der Waals surface area contributed by atoms with E-state index in [0.717, 1.165) is 6.07 Å². The SMILES string of the molecule is C=CCNC(=O)c1ccc(C(=O)Nc2ccc(F)c(F)c2F)cc1. The van der Waals surface area contributed by atoms with Crippen molar-refractivity contribution in [3.05, 3.63) is 77.6 Å². The maximum atomic E-state index is 13.5. The zero-order valence-corrected chi connectivity index (χ0v) is 12.4. The van der Waals surface area contributed by atoms with Crippen LogP contribution in [-0.2, 0) is 0 Å². The van der Waals surface area contributed by atoms with E-state index in [9.17, 15) is 22.8 Å². The normalized spacial score (nSPS) is 10.1. The first-order valence-electron chi connectivity index (χ1n) is 6.88. The van der Waals surface area contributed by atoms with Crippen molar-refractivity contribution in [2.45, 2.75) is 0 Å². The third-order valence-electron chi connectivity index (χ3n) is 3.10. The van der Waals surface area contributed by atoms with Crippen LogP contribution >= 0.6 is 0 Å². The number of nitrogens with one attached hydrogen (secondary N) is 2. The molecule has 0 aliphatic carbocycles. The Bertz CT molecular complexity index is 789. The molecule has 0 spiro atoms. The Hall–Kier alpha value is -3.09. The molecular weight excluding hydrogens is 321 g/mol. The first-order valence-corrected chi connectivity index (χ1v) is 6.88. The number of anilines is 1. The number of amides is 2. The molecule has 0 heterocycles. The van der Waals surface area contributed by atoms with Crippen molar-refractivity contribution in [2.24, 2.45) is 0 Å². The fourth-order valence-corrected chi connectivity index (χ4v) is 1.86. The molecule has 0 aromatic heterocycles. The molecule has 2 N–H and O–H groups in total. The smallest absolute Gasteiger partial charge is 0.255 e. The number of halogens is 3. The van der Waals surface area contributed by atoms with Crippen LogP contribution in [0.3, 0.4) is 0 Å². The van der Waals surface area contributed by atoms with Gasteiger partial charge in [0, 0.05) is 17.7 Å². The maximum absolute atomic E-state index is 13.5. The summed E-state index contributed by atoms with van der Waals surface area (Å²) in [6.07, 6.45) is 1.52. The predicted molar refractivity (Wildman–Crippen MR) is 83.2 cm³/mol. The van der Waals surface area contributed by atoms with Crippen molar-refractivity contribution in [1.82, 2.24) is 5.32 Å². The summed E-state index contributed by atoms with van der Waals surface area (Å²) in [6.45, 7) is 3.78. The van der Waals surface area contributed by atoms with E-state index in [0.29, 0.717) is 18.2 Å². The minimum Gasteiger partial charge on any atom is -0.349 e. The van der Waals surface area contributed by atoms with Gasteiger partial charge in [0.15, 0.2) is 17.5 Å². The van der Waals surface area contributed by atoms with Crippen LogP contribution in [0.5, 0.6) is 0 Å². The molecule has 0 fully saturated rings. The molecule has 4 nitrogen and oxygen atoms in total. The Labute approximate surface area is 136 Å². The van der Waals surface area contributed by atoms with E-state index in [-0.39, 0.29) is 11.5 Å². The van der Waals surface area contributed by atoms with Crippen LogP contribution in [0.15, 0.2) is 49.1 Å². The van der Waals surface area contributed by atoms with Gasteiger partial charge in [-0.2, -0.15) is 0 Å². The van der Waals surface area contributed by atoms with Gasteiger partial charge < -0.3 is 10.6 Å². The number of hydrogen-bond donors (Lipinski definition) is 2. The van der Waals surface area contributed by atoms with E-state index < -0.39 is 29.0 Å². The van der Waals surface area contributed by atoms with Gasteiger partial charge in [-0.3, -0.25) is 9.59 Å². The van der Waals surface area contributed by atoms with Crippen LogP contribution in [0.1, 0.15) is 20.7 Å². The van der Waals surface area contributed by atoms with Crippen LogP contribution in [0.4, 0.5) is 18.9 Å². The Kier molecular flexibility index (Phi) is 5.36. The van der Waals surface area contributed by atoms with Gasteiger partial charge in [-0.25, -0.2) is 13.2 Å². The maximum Gasteiger partial charge on any atom is 0.255 e. The Morgan fingerprint density at radius 2 is 1.50 bits per heavy atom. The van der Waals surface area contributed by atoms with Gasteiger partial charge >= 0.3 is 0 Å². The molecule has 7 heteroatoms. The minimum absolute atomic E-state index is 0.124. The number of hydrogen-bond acceptors (Lipinski definition) is 2. The summed E-state index contributed by atoms with van der Waals surface area (Å²) in [6, 6.07) is 7.17. The standard InChI is InChI=1S/C17H13F3N2O2/c1-2-9-21-16(23)10-3-5-11(6-4-10)17(24)22-13-8-7-12(18)14(19)15(13)20/h2-8H,1,9H2,(H,21,23)(H,22,24). The third kappa shape index (κ3) is 3.81. The molecule has 0 radical (unpaired) electrons. The lowest BCUT2D eigenvalue weighted by Crippen LogP contribution is -2.23. The first-order chi connectivity index (χ1) is 11.4. The summed E-state index contributed by atoms with van der Waals surface area (Å²) >= 11 is 0. The van der Waals surface area contributed by atoms with Gasteiger partial charge in [-0.1, -0.05) is 6.08 Å². The van der Waals surface area contributed by atoms with Crippen molar-refractivity contribution in [3.63, 3.8) is 0 Å². The lowest BCUT2D eigenvalue weighted by molar-refractivity contribution is 0.0956. The van der Waals surface area contributed by atoms with Crippen LogP contribution in [0.2, 0.25) is 0 Å². The zero-order valence-electron chi connectivity index (χ0n) is 12.4. The Morgan fingerprint density at radius 1 is 0.917 bits per heavy atom. The van der Waals surface area contributed by atoms with E-state index in [1.807, 2.05) is 0 Å². The van der Waals surface area contributed by atoms with Gasteiger partial charge in [0.2, 0.25) is 0 Å². The second-order valence-electron chi connectivity index (χ2n) is 4.75. The van der Waals surface area contributed by atoms with Crippen LogP contribution < -0.4 is 10.6 Å². The van der Waals surface area contributed by atoms with E-state index in [1.54, 1.807) is 0 Å². The largest absolute Gasteiger partial charge is 0.349 e. The fraction of sp³-hybridized carbons (Fsp3) is 0.0588. The zero-order chi connectivity index (χ0) is 17.7. The number of carbonyl (C=O) groups is 2. The van der Waals surface area contributed by atoms with Gasteiger partial charge in [-0.15, -0.1) is 6.58 Å². The van der Waals surface area contributed by atoms with Crippen LogP contribution in [0, 0.1) is 17.5 Å². The summed E-state index contributed by atoms with van der Waals surface area (Å²) in [5, 5.41) is 4.71. The Balaban J connectivity index is 2.12. The summed E-state index contributed by atoms with van der Waals surface area (Å²) < 4.78 is 39.5. The first kappa shape index (κ1) is 17.3. The molecule has 2 aromatic rings. The van der Waals surface area contributed by atoms with Gasteiger partial charge in [0.25, 0.3) is 11.8 Å². The van der Waals surface area contributed by atoms with Gasteiger partial charge in [0.05, 0.1) is 5.69 Å². The van der Waals surface area contributed by atoms with Crippen molar-refractivity contribution >= 4 is 17.5 Å².